The number of rotatable bonds is 8. The zero-order valence-electron chi connectivity index (χ0n) is 20.0. The summed E-state index contributed by atoms with van der Waals surface area (Å²) < 4.78 is 43.6. The van der Waals surface area contributed by atoms with Gasteiger partial charge in [-0.2, -0.15) is 13.1 Å². The predicted octanol–water partition coefficient (Wildman–Crippen LogP) is 1.71. The smallest absolute Gasteiger partial charge is 0.274 e. The molecule has 2 heterocycles. The summed E-state index contributed by atoms with van der Waals surface area (Å²) in [5, 5.41) is 12.1. The van der Waals surface area contributed by atoms with E-state index in [9.17, 15) is 17.6 Å². The van der Waals surface area contributed by atoms with Crippen LogP contribution in [-0.4, -0.2) is 49.3 Å². The molecule has 0 radical (unpaired) electrons. The Morgan fingerprint density at radius 1 is 1.22 bits per heavy atom. The Labute approximate surface area is 208 Å². The van der Waals surface area contributed by atoms with Crippen LogP contribution in [0.2, 0.25) is 0 Å². The number of methoxy groups -OCH3 is 1. The van der Waals surface area contributed by atoms with Crippen LogP contribution in [-0.2, 0) is 21.6 Å². The molecule has 0 saturated heterocycles. The van der Waals surface area contributed by atoms with Gasteiger partial charge in [0.2, 0.25) is 0 Å². The first-order valence-electron chi connectivity index (χ1n) is 11.6. The summed E-state index contributed by atoms with van der Waals surface area (Å²) in [6.07, 6.45) is 3.30. The van der Waals surface area contributed by atoms with Crippen LogP contribution >= 0.6 is 0 Å². The molecule has 4 N–H and O–H groups in total. The van der Waals surface area contributed by atoms with Crippen LogP contribution in [0.1, 0.15) is 59.7 Å². The van der Waals surface area contributed by atoms with Crippen molar-refractivity contribution >= 4 is 21.8 Å². The number of carbonyl (C=O) groups is 1. The maximum atomic E-state index is 13.6. The minimum Gasteiger partial charge on any atom is -0.494 e. The maximum absolute atomic E-state index is 13.6. The van der Waals surface area contributed by atoms with E-state index < -0.39 is 21.9 Å². The molecule has 4 rings (SSSR count). The molecular weight excluding hydrogens is 491 g/mol. The number of hydrogen-bond donors (Lipinski definition) is 3. The molecule has 1 atom stereocenters. The van der Waals surface area contributed by atoms with Crippen molar-refractivity contribution in [3.63, 3.8) is 0 Å². The number of benzene rings is 1. The SMILES string of the molecule is COc1cc(CNC(=O)c2cc(C3=NOC([C@H]4CC[C@H](NS(N)(=O)=O)CC4)C3)nc(C)n2)ccc1F. The highest BCUT2D eigenvalue weighted by Gasteiger charge is 2.34. The first-order chi connectivity index (χ1) is 17.1. The average Bonchev–Trinajstić information content (AvgIpc) is 3.33. The van der Waals surface area contributed by atoms with E-state index in [0.29, 0.717) is 42.1 Å². The Bertz CT molecular complexity index is 1260. The van der Waals surface area contributed by atoms with Gasteiger partial charge in [-0.05, 0) is 62.3 Å². The van der Waals surface area contributed by atoms with Gasteiger partial charge in [-0.3, -0.25) is 4.79 Å². The van der Waals surface area contributed by atoms with Crippen LogP contribution < -0.4 is 19.9 Å². The van der Waals surface area contributed by atoms with E-state index in [1.165, 1.54) is 19.2 Å². The van der Waals surface area contributed by atoms with Gasteiger partial charge >= 0.3 is 0 Å². The van der Waals surface area contributed by atoms with Crippen molar-refractivity contribution in [2.75, 3.05) is 7.11 Å². The molecule has 2 aliphatic rings. The highest BCUT2D eigenvalue weighted by Crippen LogP contribution is 2.33. The number of aryl methyl sites for hydroxylation is 1. The largest absolute Gasteiger partial charge is 0.494 e. The minimum absolute atomic E-state index is 0.102. The number of carbonyl (C=O) groups excluding carboxylic acids is 1. The maximum Gasteiger partial charge on any atom is 0.274 e. The minimum atomic E-state index is -3.72. The lowest BCUT2D eigenvalue weighted by atomic mass is 9.81. The Balaban J connectivity index is 1.35. The van der Waals surface area contributed by atoms with Crippen LogP contribution in [0, 0.1) is 18.7 Å². The molecular formula is C23H29FN6O5S. The number of nitrogens with one attached hydrogen (secondary N) is 2. The van der Waals surface area contributed by atoms with E-state index in [-0.39, 0.29) is 36.1 Å². The van der Waals surface area contributed by atoms with Gasteiger partial charge in [0.15, 0.2) is 11.6 Å². The van der Waals surface area contributed by atoms with Gasteiger partial charge in [0.05, 0.1) is 12.8 Å². The van der Waals surface area contributed by atoms with E-state index in [1.54, 1.807) is 19.1 Å². The van der Waals surface area contributed by atoms with E-state index in [0.717, 1.165) is 12.8 Å². The number of nitrogens with zero attached hydrogens (tertiary/aromatic N) is 3. The zero-order chi connectivity index (χ0) is 25.9. The third-order valence-corrected chi connectivity index (χ3v) is 7.02. The first kappa shape index (κ1) is 25.9. The van der Waals surface area contributed by atoms with E-state index >= 15 is 0 Å². The molecule has 1 aromatic heterocycles. The van der Waals surface area contributed by atoms with Gasteiger partial charge in [-0.25, -0.2) is 19.5 Å². The van der Waals surface area contributed by atoms with Crippen molar-refractivity contribution < 1.29 is 27.2 Å². The summed E-state index contributed by atoms with van der Waals surface area (Å²) in [5.74, 6) is -0.133. The second-order valence-corrected chi connectivity index (χ2v) is 10.3. The van der Waals surface area contributed by atoms with E-state index in [1.807, 2.05) is 0 Å². The number of ether oxygens (including phenoxy) is 1. The standard InChI is InChI=1S/C23H29FN6O5S/c1-13-27-18(10-20(28-13)23(31)26-12-14-3-8-17(24)22(9-14)34-2)19-11-21(35-29-19)15-4-6-16(7-5-15)30-36(25,32)33/h3,8-10,15-16,21,30H,4-7,11-12H2,1-2H3,(H,26,31)(H2,25,32,33)/t15-,16-,21?. The molecule has 1 saturated carbocycles. The van der Waals surface area contributed by atoms with Gasteiger partial charge in [0, 0.05) is 19.0 Å². The van der Waals surface area contributed by atoms with Gasteiger partial charge in [0.1, 0.15) is 23.3 Å². The second-order valence-electron chi connectivity index (χ2n) is 9.00. The summed E-state index contributed by atoms with van der Waals surface area (Å²) in [4.78, 5) is 27.1. The lowest BCUT2D eigenvalue weighted by Gasteiger charge is -2.30. The zero-order valence-corrected chi connectivity index (χ0v) is 20.8. The molecule has 1 amide bonds. The molecule has 1 aliphatic heterocycles. The Morgan fingerprint density at radius 3 is 2.67 bits per heavy atom. The van der Waals surface area contributed by atoms with Crippen molar-refractivity contribution in [3.05, 3.63) is 52.9 Å². The van der Waals surface area contributed by atoms with Crippen LogP contribution in [0.4, 0.5) is 4.39 Å². The lowest BCUT2D eigenvalue weighted by molar-refractivity contribution is 0.0243. The van der Waals surface area contributed by atoms with E-state index in [2.05, 4.69) is 25.2 Å². The fourth-order valence-corrected chi connectivity index (χ4v) is 5.26. The predicted molar refractivity (Wildman–Crippen MR) is 129 cm³/mol. The lowest BCUT2D eigenvalue weighted by Crippen LogP contribution is -2.42. The number of oxime groups is 1. The summed E-state index contributed by atoms with van der Waals surface area (Å²) in [5.41, 5.74) is 2.01. The summed E-state index contributed by atoms with van der Waals surface area (Å²) in [6, 6.07) is 5.78. The normalized spacial score (nSPS) is 22.0. The number of nitrogens with two attached hydrogens (primary N) is 1. The summed E-state index contributed by atoms with van der Waals surface area (Å²) in [7, 11) is -2.34. The van der Waals surface area contributed by atoms with Crippen LogP contribution in [0.3, 0.4) is 0 Å². The van der Waals surface area contributed by atoms with Crippen LogP contribution in [0.25, 0.3) is 0 Å². The van der Waals surface area contributed by atoms with Crippen LogP contribution in [0.5, 0.6) is 5.75 Å². The topological polar surface area (TPSA) is 158 Å². The highest BCUT2D eigenvalue weighted by atomic mass is 32.2. The molecule has 1 aliphatic carbocycles. The van der Waals surface area contributed by atoms with Gasteiger partial charge < -0.3 is 14.9 Å². The third kappa shape index (κ3) is 6.53. The Hall–Kier alpha value is -3.16. The highest BCUT2D eigenvalue weighted by molar-refractivity contribution is 7.87. The van der Waals surface area contributed by atoms with Gasteiger partial charge in [0.25, 0.3) is 16.1 Å². The molecule has 1 aromatic carbocycles. The molecule has 13 heteroatoms. The fraction of sp³-hybridized carbons (Fsp3) is 0.478. The average molecular weight is 521 g/mol. The number of hydrogen-bond acceptors (Lipinski definition) is 8. The van der Waals surface area contributed by atoms with Crippen molar-refractivity contribution in [1.29, 1.82) is 0 Å². The molecule has 1 fully saturated rings. The number of aromatic nitrogens is 2. The molecule has 0 bridgehead atoms. The first-order valence-corrected chi connectivity index (χ1v) is 13.2. The molecule has 11 nitrogen and oxygen atoms in total. The molecule has 0 spiro atoms. The van der Waals surface area contributed by atoms with Crippen molar-refractivity contribution in [1.82, 2.24) is 20.0 Å². The van der Waals surface area contributed by atoms with Crippen LogP contribution in [0.15, 0.2) is 29.4 Å². The molecule has 36 heavy (non-hydrogen) atoms. The van der Waals surface area contributed by atoms with Gasteiger partial charge in [-0.1, -0.05) is 11.2 Å². The number of amides is 1. The monoisotopic (exact) mass is 520 g/mol. The fourth-order valence-electron chi connectivity index (χ4n) is 4.56. The summed E-state index contributed by atoms with van der Waals surface area (Å²) >= 11 is 0. The molecule has 2 aromatic rings. The number of halogens is 1. The second kappa shape index (κ2) is 10.8. The van der Waals surface area contributed by atoms with Crippen molar-refractivity contribution in [2.45, 2.75) is 57.7 Å². The molecule has 194 valence electrons. The van der Waals surface area contributed by atoms with Crippen molar-refractivity contribution in [3.8, 4) is 5.75 Å². The van der Waals surface area contributed by atoms with Crippen molar-refractivity contribution in [2.24, 2.45) is 16.2 Å². The Kier molecular flexibility index (Phi) is 7.81. The van der Waals surface area contributed by atoms with E-state index in [4.69, 9.17) is 14.7 Å². The Morgan fingerprint density at radius 2 is 1.97 bits per heavy atom. The molecule has 1 unspecified atom stereocenters. The quantitative estimate of drug-likeness (QED) is 0.478. The third-order valence-electron chi connectivity index (χ3n) is 6.36. The van der Waals surface area contributed by atoms with Gasteiger partial charge in [-0.15, -0.1) is 0 Å². The summed E-state index contributed by atoms with van der Waals surface area (Å²) in [6.45, 7) is 1.86.